The molecule has 0 saturated heterocycles. The molecule has 0 unspecified atom stereocenters. The summed E-state index contributed by atoms with van der Waals surface area (Å²) in [6.07, 6.45) is -3.18. The lowest BCUT2D eigenvalue weighted by Gasteiger charge is -2.14. The quantitative estimate of drug-likeness (QED) is 0.853. The summed E-state index contributed by atoms with van der Waals surface area (Å²) in [6.45, 7) is 0. The molecule has 3 N–H and O–H groups in total. The fourth-order valence-corrected chi connectivity index (χ4v) is 1.68. The van der Waals surface area contributed by atoms with Crippen LogP contribution in [-0.2, 0) is 0 Å². The molecule has 0 aliphatic rings. The van der Waals surface area contributed by atoms with E-state index in [9.17, 15) is 13.2 Å². The van der Waals surface area contributed by atoms with Gasteiger partial charge >= 0.3 is 6.18 Å². The normalized spacial score (nSPS) is 13.9. The number of fused-ring (bicyclic) bond motifs is 1. The predicted molar refractivity (Wildman–Crippen MR) is 57.8 cm³/mol. The second kappa shape index (κ2) is 3.96. The van der Waals surface area contributed by atoms with E-state index in [4.69, 9.17) is 10.5 Å². The number of rotatable bonds is 2. The Morgan fingerprint density at radius 3 is 2.65 bits per heavy atom. The molecule has 0 spiro atoms. The standard InChI is InChI=1S/C11H11F3N2O/c1-17-6-2-3-9-7(4-6)8(5-16-9)10(15)11(12,13)14/h2-5,10,16H,15H2,1H3/t10-/m1/s1. The maximum Gasteiger partial charge on any atom is 0.407 e. The molecule has 0 fully saturated rings. The van der Waals surface area contributed by atoms with E-state index in [0.29, 0.717) is 16.7 Å². The number of alkyl halides is 3. The molecule has 6 heteroatoms. The molecular formula is C11H11F3N2O. The number of hydrogen-bond donors (Lipinski definition) is 2. The van der Waals surface area contributed by atoms with Crippen molar-refractivity contribution < 1.29 is 17.9 Å². The van der Waals surface area contributed by atoms with Crippen LogP contribution in [0, 0.1) is 0 Å². The first-order chi connectivity index (χ1) is 7.93. The van der Waals surface area contributed by atoms with Crippen molar-refractivity contribution in [1.29, 1.82) is 0 Å². The largest absolute Gasteiger partial charge is 0.497 e. The molecule has 2 aromatic rings. The molecule has 1 aromatic carbocycles. The number of benzene rings is 1. The van der Waals surface area contributed by atoms with E-state index < -0.39 is 12.2 Å². The van der Waals surface area contributed by atoms with Gasteiger partial charge in [-0.1, -0.05) is 0 Å². The fraction of sp³-hybridized carbons (Fsp3) is 0.273. The van der Waals surface area contributed by atoms with Crippen molar-refractivity contribution in [3.8, 4) is 5.75 Å². The molecule has 17 heavy (non-hydrogen) atoms. The molecular weight excluding hydrogens is 233 g/mol. The van der Waals surface area contributed by atoms with Crippen LogP contribution in [0.15, 0.2) is 24.4 Å². The SMILES string of the molecule is COc1ccc2[nH]cc([C@@H](N)C(F)(F)F)c2c1. The number of H-pyrrole nitrogens is 1. The molecule has 1 aromatic heterocycles. The minimum absolute atomic E-state index is 0.0198. The van der Waals surface area contributed by atoms with Gasteiger partial charge in [-0.3, -0.25) is 0 Å². The average Bonchev–Trinajstić information content (AvgIpc) is 2.69. The molecule has 2 rings (SSSR count). The van der Waals surface area contributed by atoms with E-state index in [1.54, 1.807) is 12.1 Å². The Kier molecular flexibility index (Phi) is 2.74. The van der Waals surface area contributed by atoms with Gasteiger partial charge in [0.15, 0.2) is 0 Å². The number of halogens is 3. The summed E-state index contributed by atoms with van der Waals surface area (Å²) in [5.41, 5.74) is 5.81. The van der Waals surface area contributed by atoms with Gasteiger partial charge in [0.1, 0.15) is 11.8 Å². The highest BCUT2D eigenvalue weighted by Gasteiger charge is 2.39. The zero-order valence-corrected chi connectivity index (χ0v) is 9.01. The van der Waals surface area contributed by atoms with Crippen LogP contribution >= 0.6 is 0 Å². The number of hydrogen-bond acceptors (Lipinski definition) is 2. The summed E-state index contributed by atoms with van der Waals surface area (Å²) >= 11 is 0. The highest BCUT2D eigenvalue weighted by molar-refractivity contribution is 5.85. The first-order valence-corrected chi connectivity index (χ1v) is 4.91. The molecule has 1 atom stereocenters. The van der Waals surface area contributed by atoms with Crippen LogP contribution in [0.1, 0.15) is 11.6 Å². The average molecular weight is 244 g/mol. The number of nitrogens with one attached hydrogen (secondary N) is 1. The highest BCUT2D eigenvalue weighted by atomic mass is 19.4. The number of methoxy groups -OCH3 is 1. The van der Waals surface area contributed by atoms with Gasteiger partial charge in [-0.05, 0) is 18.2 Å². The van der Waals surface area contributed by atoms with E-state index >= 15 is 0 Å². The van der Waals surface area contributed by atoms with Gasteiger partial charge in [0, 0.05) is 22.7 Å². The third-order valence-corrected chi connectivity index (χ3v) is 2.61. The van der Waals surface area contributed by atoms with Gasteiger partial charge in [-0.25, -0.2) is 0 Å². The van der Waals surface area contributed by atoms with E-state index in [0.717, 1.165) is 0 Å². The second-order valence-corrected chi connectivity index (χ2v) is 3.67. The Labute approximate surface area is 95.4 Å². The zero-order valence-electron chi connectivity index (χ0n) is 9.01. The highest BCUT2D eigenvalue weighted by Crippen LogP contribution is 2.35. The molecule has 3 nitrogen and oxygen atoms in total. The van der Waals surface area contributed by atoms with Gasteiger partial charge in [0.05, 0.1) is 7.11 Å². The molecule has 0 bridgehead atoms. The molecule has 0 saturated carbocycles. The third kappa shape index (κ3) is 2.08. The Balaban J connectivity index is 2.54. The van der Waals surface area contributed by atoms with Gasteiger partial charge in [0.25, 0.3) is 0 Å². The van der Waals surface area contributed by atoms with Crippen LogP contribution in [0.3, 0.4) is 0 Å². The van der Waals surface area contributed by atoms with Crippen molar-refractivity contribution in [2.75, 3.05) is 7.11 Å². The number of aromatic nitrogens is 1. The van der Waals surface area contributed by atoms with Crippen molar-refractivity contribution in [1.82, 2.24) is 4.98 Å². The lowest BCUT2D eigenvalue weighted by Crippen LogP contribution is -2.28. The van der Waals surface area contributed by atoms with Crippen molar-refractivity contribution in [3.63, 3.8) is 0 Å². The summed E-state index contributed by atoms with van der Waals surface area (Å²) in [5, 5.41) is 0.425. The van der Waals surface area contributed by atoms with Crippen LogP contribution in [0.25, 0.3) is 10.9 Å². The smallest absolute Gasteiger partial charge is 0.407 e. The van der Waals surface area contributed by atoms with Crippen LogP contribution in [0.2, 0.25) is 0 Å². The minimum atomic E-state index is -4.46. The Bertz CT molecular complexity index is 533. The molecule has 0 aliphatic carbocycles. The Morgan fingerprint density at radius 2 is 2.06 bits per heavy atom. The van der Waals surface area contributed by atoms with Crippen LogP contribution in [-0.4, -0.2) is 18.3 Å². The number of aromatic amines is 1. The maximum atomic E-state index is 12.6. The van der Waals surface area contributed by atoms with E-state index in [1.165, 1.54) is 19.4 Å². The first-order valence-electron chi connectivity index (χ1n) is 4.91. The van der Waals surface area contributed by atoms with Crippen molar-refractivity contribution in [3.05, 3.63) is 30.0 Å². The summed E-state index contributed by atoms with van der Waals surface area (Å²) in [6, 6.07) is 2.86. The molecule has 0 aliphatic heterocycles. The van der Waals surface area contributed by atoms with Gasteiger partial charge in [-0.2, -0.15) is 13.2 Å². The summed E-state index contributed by atoms with van der Waals surface area (Å²) in [5.74, 6) is 0.493. The number of nitrogens with two attached hydrogens (primary N) is 1. The number of ether oxygens (including phenoxy) is 1. The topological polar surface area (TPSA) is 51.0 Å². The van der Waals surface area contributed by atoms with Gasteiger partial charge in [0.2, 0.25) is 0 Å². The molecule has 1 heterocycles. The first kappa shape index (κ1) is 11.8. The lowest BCUT2D eigenvalue weighted by molar-refractivity contribution is -0.148. The second-order valence-electron chi connectivity index (χ2n) is 3.67. The van der Waals surface area contributed by atoms with E-state index in [2.05, 4.69) is 4.98 Å². The Morgan fingerprint density at radius 1 is 1.35 bits per heavy atom. The van der Waals surface area contributed by atoms with Crippen LogP contribution < -0.4 is 10.5 Å². The zero-order chi connectivity index (χ0) is 12.6. The van der Waals surface area contributed by atoms with Crippen LogP contribution in [0.5, 0.6) is 5.75 Å². The molecule has 0 amide bonds. The van der Waals surface area contributed by atoms with Crippen molar-refractivity contribution >= 4 is 10.9 Å². The lowest BCUT2D eigenvalue weighted by atomic mass is 10.1. The van der Waals surface area contributed by atoms with E-state index in [1.807, 2.05) is 0 Å². The summed E-state index contributed by atoms with van der Waals surface area (Å²) in [7, 11) is 1.46. The third-order valence-electron chi connectivity index (χ3n) is 2.61. The van der Waals surface area contributed by atoms with Crippen LogP contribution in [0.4, 0.5) is 13.2 Å². The minimum Gasteiger partial charge on any atom is -0.497 e. The van der Waals surface area contributed by atoms with Gasteiger partial charge in [-0.15, -0.1) is 0 Å². The predicted octanol–water partition coefficient (Wildman–Crippen LogP) is 2.74. The maximum absolute atomic E-state index is 12.6. The van der Waals surface area contributed by atoms with E-state index in [-0.39, 0.29) is 5.56 Å². The van der Waals surface area contributed by atoms with Crippen molar-refractivity contribution in [2.45, 2.75) is 12.2 Å². The van der Waals surface area contributed by atoms with Gasteiger partial charge < -0.3 is 15.5 Å². The Hall–Kier alpha value is -1.69. The summed E-state index contributed by atoms with van der Waals surface area (Å²) in [4.78, 5) is 2.76. The molecule has 92 valence electrons. The monoisotopic (exact) mass is 244 g/mol. The molecule has 0 radical (unpaired) electrons. The van der Waals surface area contributed by atoms with Crippen molar-refractivity contribution in [2.24, 2.45) is 5.73 Å². The fourth-order valence-electron chi connectivity index (χ4n) is 1.68. The summed E-state index contributed by atoms with van der Waals surface area (Å²) < 4.78 is 42.6.